The third-order valence-corrected chi connectivity index (χ3v) is 3.35. The molecule has 1 aliphatic heterocycles. The number of fused-ring (bicyclic) bond motifs is 1. The summed E-state index contributed by atoms with van der Waals surface area (Å²) < 4.78 is 1.57. The highest BCUT2D eigenvalue weighted by molar-refractivity contribution is 6.01. The Labute approximate surface area is 113 Å². The first kappa shape index (κ1) is 12.3. The Balaban J connectivity index is 2.09. The Bertz CT molecular complexity index is 734. The molecule has 1 unspecified atom stereocenters. The Morgan fingerprint density at radius 1 is 1.45 bits per heavy atom. The fourth-order valence-electron chi connectivity index (χ4n) is 2.40. The van der Waals surface area contributed by atoms with Gasteiger partial charge in [-0.05, 0) is 12.5 Å². The van der Waals surface area contributed by atoms with Gasteiger partial charge in [0.25, 0.3) is 0 Å². The molecule has 7 heteroatoms. The Hall–Kier alpha value is -2.70. The predicted molar refractivity (Wildman–Crippen MR) is 67.3 cm³/mol. The molecule has 0 saturated carbocycles. The smallest absolute Gasteiger partial charge is 0.356 e. The van der Waals surface area contributed by atoms with Gasteiger partial charge in [0.1, 0.15) is 5.65 Å². The fraction of sp³-hybridized carbons (Fsp3) is 0.231. The third kappa shape index (κ3) is 1.93. The summed E-state index contributed by atoms with van der Waals surface area (Å²) in [5.41, 5.74) is 0.981. The zero-order valence-electron chi connectivity index (χ0n) is 10.4. The summed E-state index contributed by atoms with van der Waals surface area (Å²) in [6.07, 6.45) is 3.74. The van der Waals surface area contributed by atoms with E-state index in [0.29, 0.717) is 17.6 Å². The number of hydrogen-bond donors (Lipinski definition) is 2. The highest BCUT2D eigenvalue weighted by Gasteiger charge is 2.30. The molecule has 3 heterocycles. The number of imidazole rings is 1. The number of nitrogens with one attached hydrogen (secondary N) is 1. The van der Waals surface area contributed by atoms with E-state index >= 15 is 0 Å². The molecule has 0 aliphatic carbocycles. The number of carboxylic acid groups (broad SMARTS) is 1. The molecule has 102 valence electrons. The molecule has 1 saturated heterocycles. The number of hydrogen-bond acceptors (Lipinski definition) is 4. The van der Waals surface area contributed by atoms with Gasteiger partial charge in [-0.25, -0.2) is 9.78 Å². The molecular formula is C13H11N3O4. The maximum atomic E-state index is 11.9. The van der Waals surface area contributed by atoms with Crippen LogP contribution in [0, 0.1) is 0 Å². The van der Waals surface area contributed by atoms with Crippen molar-refractivity contribution in [3.05, 3.63) is 35.8 Å². The molecule has 1 aliphatic rings. The van der Waals surface area contributed by atoms with Gasteiger partial charge >= 0.3 is 5.97 Å². The number of aromatic carboxylic acids is 1. The second-order valence-corrected chi connectivity index (χ2v) is 4.63. The maximum absolute atomic E-state index is 11.9. The van der Waals surface area contributed by atoms with Crippen molar-refractivity contribution < 1.29 is 19.5 Å². The number of amides is 2. The number of piperidine rings is 1. The second kappa shape index (κ2) is 4.44. The van der Waals surface area contributed by atoms with Crippen LogP contribution in [0.5, 0.6) is 0 Å². The summed E-state index contributed by atoms with van der Waals surface area (Å²) in [5, 5.41) is 11.3. The lowest BCUT2D eigenvalue weighted by atomic mass is 9.91. The summed E-state index contributed by atoms with van der Waals surface area (Å²) >= 11 is 0. The summed E-state index contributed by atoms with van der Waals surface area (Å²) in [6, 6.07) is 3.45. The number of carboxylic acids is 1. The van der Waals surface area contributed by atoms with Crippen molar-refractivity contribution in [2.75, 3.05) is 0 Å². The van der Waals surface area contributed by atoms with Gasteiger partial charge in [-0.15, -0.1) is 0 Å². The van der Waals surface area contributed by atoms with Crippen molar-refractivity contribution in [2.24, 2.45) is 0 Å². The number of carbonyl (C=O) groups is 3. The SMILES string of the molecule is O=C1CCC(c2cccn3cc(C(=O)O)nc23)C(=O)N1. The van der Waals surface area contributed by atoms with Gasteiger partial charge in [-0.3, -0.25) is 14.9 Å². The van der Waals surface area contributed by atoms with Crippen LogP contribution in [0.4, 0.5) is 0 Å². The van der Waals surface area contributed by atoms with Gasteiger partial charge in [-0.1, -0.05) is 6.07 Å². The van der Waals surface area contributed by atoms with Crippen molar-refractivity contribution in [1.29, 1.82) is 0 Å². The van der Waals surface area contributed by atoms with E-state index in [4.69, 9.17) is 5.11 Å². The molecule has 2 aromatic heterocycles. The molecule has 0 bridgehead atoms. The van der Waals surface area contributed by atoms with Gasteiger partial charge in [-0.2, -0.15) is 0 Å². The van der Waals surface area contributed by atoms with Crippen LogP contribution in [-0.4, -0.2) is 32.3 Å². The summed E-state index contributed by atoms with van der Waals surface area (Å²) in [6.45, 7) is 0. The van der Waals surface area contributed by atoms with Crippen molar-refractivity contribution in [3.63, 3.8) is 0 Å². The first-order chi connectivity index (χ1) is 9.56. The van der Waals surface area contributed by atoms with Gasteiger partial charge in [0.15, 0.2) is 5.69 Å². The van der Waals surface area contributed by atoms with E-state index < -0.39 is 11.9 Å². The standard InChI is InChI=1S/C13H11N3O4/c17-10-4-3-8(12(18)15-10)7-2-1-5-16-6-9(13(19)20)14-11(7)16/h1-2,5-6,8H,3-4H2,(H,19,20)(H,15,17,18). The number of imide groups is 1. The molecule has 2 N–H and O–H groups in total. The van der Waals surface area contributed by atoms with Crippen LogP contribution >= 0.6 is 0 Å². The molecule has 2 amide bonds. The Kier molecular flexibility index (Phi) is 2.74. The first-order valence-electron chi connectivity index (χ1n) is 6.11. The van der Waals surface area contributed by atoms with E-state index in [1.807, 2.05) is 0 Å². The van der Waals surface area contributed by atoms with Crippen LogP contribution in [-0.2, 0) is 9.59 Å². The topological polar surface area (TPSA) is 101 Å². The molecule has 0 radical (unpaired) electrons. The Morgan fingerprint density at radius 3 is 2.95 bits per heavy atom. The molecular weight excluding hydrogens is 262 g/mol. The number of pyridine rings is 1. The van der Waals surface area contributed by atoms with E-state index in [1.165, 1.54) is 6.20 Å². The van der Waals surface area contributed by atoms with Crippen LogP contribution in [0.1, 0.15) is 34.8 Å². The molecule has 0 spiro atoms. The van der Waals surface area contributed by atoms with E-state index in [0.717, 1.165) is 0 Å². The molecule has 3 rings (SSSR count). The lowest BCUT2D eigenvalue weighted by Crippen LogP contribution is -2.39. The van der Waals surface area contributed by atoms with Gasteiger partial charge in [0.2, 0.25) is 11.8 Å². The molecule has 0 aromatic carbocycles. The van der Waals surface area contributed by atoms with E-state index in [2.05, 4.69) is 10.3 Å². The minimum absolute atomic E-state index is 0.0789. The van der Waals surface area contributed by atoms with Crippen molar-refractivity contribution in [3.8, 4) is 0 Å². The average Bonchev–Trinajstić information content (AvgIpc) is 2.83. The first-order valence-corrected chi connectivity index (χ1v) is 6.11. The lowest BCUT2D eigenvalue weighted by molar-refractivity contribution is -0.134. The maximum Gasteiger partial charge on any atom is 0.356 e. The van der Waals surface area contributed by atoms with Crippen LogP contribution in [0.25, 0.3) is 5.65 Å². The third-order valence-electron chi connectivity index (χ3n) is 3.35. The van der Waals surface area contributed by atoms with Crippen LogP contribution in [0.15, 0.2) is 24.5 Å². The summed E-state index contributed by atoms with van der Waals surface area (Å²) in [5.74, 6) is -2.26. The number of carbonyl (C=O) groups excluding carboxylic acids is 2. The largest absolute Gasteiger partial charge is 0.476 e. The average molecular weight is 273 g/mol. The minimum Gasteiger partial charge on any atom is -0.476 e. The van der Waals surface area contributed by atoms with E-state index in [-0.39, 0.29) is 23.9 Å². The number of aromatic nitrogens is 2. The minimum atomic E-state index is -1.12. The Morgan fingerprint density at radius 2 is 2.25 bits per heavy atom. The monoisotopic (exact) mass is 273 g/mol. The zero-order valence-corrected chi connectivity index (χ0v) is 10.4. The normalized spacial score (nSPS) is 19.1. The van der Waals surface area contributed by atoms with E-state index in [9.17, 15) is 14.4 Å². The predicted octanol–water partition coefficient (Wildman–Crippen LogP) is 0.553. The summed E-state index contributed by atoms with van der Waals surface area (Å²) in [7, 11) is 0. The molecule has 20 heavy (non-hydrogen) atoms. The summed E-state index contributed by atoms with van der Waals surface area (Å²) in [4.78, 5) is 38.1. The van der Waals surface area contributed by atoms with Crippen molar-refractivity contribution >= 4 is 23.4 Å². The lowest BCUT2D eigenvalue weighted by Gasteiger charge is -2.21. The van der Waals surface area contributed by atoms with Gasteiger partial charge in [0, 0.05) is 24.4 Å². The van der Waals surface area contributed by atoms with Crippen molar-refractivity contribution in [1.82, 2.24) is 14.7 Å². The van der Waals surface area contributed by atoms with Gasteiger partial charge in [0.05, 0.1) is 5.92 Å². The zero-order chi connectivity index (χ0) is 14.3. The highest BCUT2D eigenvalue weighted by Crippen LogP contribution is 2.27. The highest BCUT2D eigenvalue weighted by atomic mass is 16.4. The quantitative estimate of drug-likeness (QED) is 0.778. The van der Waals surface area contributed by atoms with Crippen LogP contribution in [0.3, 0.4) is 0 Å². The van der Waals surface area contributed by atoms with Crippen LogP contribution in [0.2, 0.25) is 0 Å². The van der Waals surface area contributed by atoms with E-state index in [1.54, 1.807) is 22.7 Å². The molecule has 7 nitrogen and oxygen atoms in total. The number of rotatable bonds is 2. The fourth-order valence-corrected chi connectivity index (χ4v) is 2.40. The number of nitrogens with zero attached hydrogens (tertiary/aromatic N) is 2. The van der Waals surface area contributed by atoms with Crippen molar-refractivity contribution in [2.45, 2.75) is 18.8 Å². The van der Waals surface area contributed by atoms with Crippen LogP contribution < -0.4 is 5.32 Å². The molecule has 1 fully saturated rings. The molecule has 2 aromatic rings. The second-order valence-electron chi connectivity index (χ2n) is 4.63. The van der Waals surface area contributed by atoms with Gasteiger partial charge < -0.3 is 9.51 Å². The molecule has 1 atom stereocenters.